The number of hydrogen-bond acceptors (Lipinski definition) is 3. The molecule has 2 heterocycles. The summed E-state index contributed by atoms with van der Waals surface area (Å²) in [7, 11) is 0. The van der Waals surface area contributed by atoms with Gasteiger partial charge in [-0.3, -0.25) is 9.59 Å². The molecule has 2 saturated heterocycles. The molecule has 2 aliphatic heterocycles. The number of piperazine rings is 1. The molecule has 0 bridgehead atoms. The highest BCUT2D eigenvalue weighted by Gasteiger charge is 2.27. The Morgan fingerprint density at radius 1 is 1.16 bits per heavy atom. The van der Waals surface area contributed by atoms with Gasteiger partial charge in [0.2, 0.25) is 11.8 Å². The Kier molecular flexibility index (Phi) is 4.80. The van der Waals surface area contributed by atoms with Crippen LogP contribution in [0.15, 0.2) is 0 Å². The minimum absolute atomic E-state index is 0.0462. The van der Waals surface area contributed by atoms with Gasteiger partial charge in [0.15, 0.2) is 0 Å². The summed E-state index contributed by atoms with van der Waals surface area (Å²) in [6.45, 7) is 7.61. The van der Waals surface area contributed by atoms with E-state index in [0.29, 0.717) is 38.6 Å². The van der Waals surface area contributed by atoms with Gasteiger partial charge < -0.3 is 15.1 Å². The van der Waals surface area contributed by atoms with Crippen LogP contribution in [-0.2, 0) is 9.59 Å². The maximum Gasteiger partial charge on any atom is 0.225 e. The molecule has 0 saturated carbocycles. The molecule has 19 heavy (non-hydrogen) atoms. The predicted octanol–water partition coefficient (Wildman–Crippen LogP) is 0.455. The summed E-state index contributed by atoms with van der Waals surface area (Å²) < 4.78 is 0. The average molecular weight is 267 g/mol. The van der Waals surface area contributed by atoms with E-state index in [1.165, 1.54) is 6.42 Å². The van der Waals surface area contributed by atoms with Gasteiger partial charge >= 0.3 is 0 Å². The third-order valence-electron chi connectivity index (χ3n) is 4.02. The largest absolute Gasteiger partial charge is 0.339 e. The SMILES string of the molecule is CC(C)C(=O)N1CCN(C(=O)CC2CCCN2)CC1. The Bertz CT molecular complexity index is 330. The van der Waals surface area contributed by atoms with E-state index in [1.54, 1.807) is 0 Å². The molecule has 2 rings (SSSR count). The first-order chi connectivity index (χ1) is 9.08. The minimum atomic E-state index is 0.0462. The fraction of sp³-hybridized carbons (Fsp3) is 0.857. The third kappa shape index (κ3) is 3.69. The number of nitrogens with zero attached hydrogens (tertiary/aromatic N) is 2. The normalized spacial score (nSPS) is 24.1. The van der Waals surface area contributed by atoms with Crippen molar-refractivity contribution in [2.24, 2.45) is 5.92 Å². The Labute approximate surface area is 115 Å². The van der Waals surface area contributed by atoms with Crippen LogP contribution in [0.1, 0.15) is 33.1 Å². The van der Waals surface area contributed by atoms with Crippen molar-refractivity contribution in [2.45, 2.75) is 39.2 Å². The van der Waals surface area contributed by atoms with Crippen LogP contribution in [0, 0.1) is 5.92 Å². The van der Waals surface area contributed by atoms with Crippen molar-refractivity contribution in [3.63, 3.8) is 0 Å². The molecule has 1 N–H and O–H groups in total. The number of hydrogen-bond donors (Lipinski definition) is 1. The van der Waals surface area contributed by atoms with E-state index in [9.17, 15) is 9.59 Å². The Hall–Kier alpha value is -1.10. The molecule has 0 aromatic rings. The molecule has 0 spiro atoms. The zero-order valence-electron chi connectivity index (χ0n) is 12.0. The van der Waals surface area contributed by atoms with Crippen molar-refractivity contribution in [2.75, 3.05) is 32.7 Å². The zero-order chi connectivity index (χ0) is 13.8. The molecule has 0 aromatic carbocycles. The van der Waals surface area contributed by atoms with Crippen LogP contribution in [0.25, 0.3) is 0 Å². The molecule has 5 heteroatoms. The van der Waals surface area contributed by atoms with E-state index in [1.807, 2.05) is 23.6 Å². The van der Waals surface area contributed by atoms with Crippen LogP contribution in [0.2, 0.25) is 0 Å². The molecule has 1 atom stereocenters. The van der Waals surface area contributed by atoms with Gasteiger partial charge in [0.1, 0.15) is 0 Å². The monoisotopic (exact) mass is 267 g/mol. The quantitative estimate of drug-likeness (QED) is 0.808. The van der Waals surface area contributed by atoms with Crippen molar-refractivity contribution >= 4 is 11.8 Å². The van der Waals surface area contributed by atoms with Crippen molar-refractivity contribution in [3.8, 4) is 0 Å². The van der Waals surface area contributed by atoms with Crippen molar-refractivity contribution in [1.29, 1.82) is 0 Å². The Morgan fingerprint density at radius 3 is 2.32 bits per heavy atom. The summed E-state index contributed by atoms with van der Waals surface area (Å²) in [5.74, 6) is 0.477. The van der Waals surface area contributed by atoms with E-state index < -0.39 is 0 Å². The van der Waals surface area contributed by atoms with Crippen LogP contribution < -0.4 is 5.32 Å². The molecule has 0 aromatic heterocycles. The summed E-state index contributed by atoms with van der Waals surface area (Å²) in [6.07, 6.45) is 2.89. The molecule has 0 aliphatic carbocycles. The number of nitrogens with one attached hydrogen (secondary N) is 1. The number of amides is 2. The summed E-state index contributed by atoms with van der Waals surface area (Å²) >= 11 is 0. The lowest BCUT2D eigenvalue weighted by Gasteiger charge is -2.36. The van der Waals surface area contributed by atoms with Gasteiger partial charge in [-0.05, 0) is 19.4 Å². The molecule has 2 amide bonds. The molecule has 1 unspecified atom stereocenters. The van der Waals surface area contributed by atoms with Gasteiger partial charge in [-0.25, -0.2) is 0 Å². The smallest absolute Gasteiger partial charge is 0.225 e. The highest BCUT2D eigenvalue weighted by Crippen LogP contribution is 2.13. The molecule has 0 radical (unpaired) electrons. The maximum atomic E-state index is 12.1. The molecule has 108 valence electrons. The van der Waals surface area contributed by atoms with Gasteiger partial charge in [-0.2, -0.15) is 0 Å². The highest BCUT2D eigenvalue weighted by molar-refractivity contribution is 5.79. The lowest BCUT2D eigenvalue weighted by molar-refractivity contribution is -0.141. The van der Waals surface area contributed by atoms with Gasteiger partial charge in [-0.1, -0.05) is 13.8 Å². The van der Waals surface area contributed by atoms with Gasteiger partial charge in [0, 0.05) is 44.6 Å². The highest BCUT2D eigenvalue weighted by atomic mass is 16.2. The summed E-state index contributed by atoms with van der Waals surface area (Å²) in [4.78, 5) is 27.8. The van der Waals surface area contributed by atoms with Crippen molar-refractivity contribution in [1.82, 2.24) is 15.1 Å². The Morgan fingerprint density at radius 2 is 1.79 bits per heavy atom. The fourth-order valence-corrected chi connectivity index (χ4v) is 2.81. The van der Waals surface area contributed by atoms with Gasteiger partial charge in [-0.15, -0.1) is 0 Å². The van der Waals surface area contributed by atoms with E-state index in [0.717, 1.165) is 13.0 Å². The molecule has 5 nitrogen and oxygen atoms in total. The van der Waals surface area contributed by atoms with Crippen LogP contribution in [-0.4, -0.2) is 60.4 Å². The summed E-state index contributed by atoms with van der Waals surface area (Å²) in [5.41, 5.74) is 0. The Balaban J connectivity index is 1.76. The molecular weight excluding hydrogens is 242 g/mol. The minimum Gasteiger partial charge on any atom is -0.339 e. The second kappa shape index (κ2) is 6.37. The number of rotatable bonds is 3. The van der Waals surface area contributed by atoms with E-state index in [-0.39, 0.29) is 17.7 Å². The fourth-order valence-electron chi connectivity index (χ4n) is 2.81. The van der Waals surface area contributed by atoms with Crippen LogP contribution in [0.5, 0.6) is 0 Å². The second-order valence-corrected chi connectivity index (χ2v) is 5.86. The lowest BCUT2D eigenvalue weighted by Crippen LogP contribution is -2.52. The first kappa shape index (κ1) is 14.3. The average Bonchev–Trinajstić information content (AvgIpc) is 2.90. The van der Waals surface area contributed by atoms with Gasteiger partial charge in [0.25, 0.3) is 0 Å². The number of carbonyl (C=O) groups is 2. The first-order valence-electron chi connectivity index (χ1n) is 7.38. The zero-order valence-corrected chi connectivity index (χ0v) is 12.0. The molecule has 2 fully saturated rings. The van der Waals surface area contributed by atoms with Crippen LogP contribution >= 0.6 is 0 Å². The molecule has 2 aliphatic rings. The first-order valence-corrected chi connectivity index (χ1v) is 7.38. The van der Waals surface area contributed by atoms with Crippen molar-refractivity contribution < 1.29 is 9.59 Å². The van der Waals surface area contributed by atoms with Crippen molar-refractivity contribution in [3.05, 3.63) is 0 Å². The second-order valence-electron chi connectivity index (χ2n) is 5.86. The number of carbonyl (C=O) groups excluding carboxylic acids is 2. The third-order valence-corrected chi connectivity index (χ3v) is 4.02. The lowest BCUT2D eigenvalue weighted by atomic mass is 10.1. The molecular formula is C14H25N3O2. The van der Waals surface area contributed by atoms with Gasteiger partial charge in [0.05, 0.1) is 0 Å². The predicted molar refractivity (Wildman–Crippen MR) is 73.6 cm³/mol. The van der Waals surface area contributed by atoms with Crippen LogP contribution in [0.3, 0.4) is 0 Å². The maximum absolute atomic E-state index is 12.1. The van der Waals surface area contributed by atoms with E-state index in [2.05, 4.69) is 5.32 Å². The van der Waals surface area contributed by atoms with E-state index in [4.69, 9.17) is 0 Å². The standard InChI is InChI=1S/C14H25N3O2/c1-11(2)14(19)17-8-6-16(7-9-17)13(18)10-12-4-3-5-15-12/h11-12,15H,3-10H2,1-2H3. The topological polar surface area (TPSA) is 52.7 Å². The summed E-state index contributed by atoms with van der Waals surface area (Å²) in [6, 6.07) is 0.364. The van der Waals surface area contributed by atoms with E-state index >= 15 is 0 Å². The summed E-state index contributed by atoms with van der Waals surface area (Å²) in [5, 5.41) is 3.36. The van der Waals surface area contributed by atoms with Crippen LogP contribution in [0.4, 0.5) is 0 Å².